The number of esters is 1. The Bertz CT molecular complexity index is 1740. The predicted octanol–water partition coefficient (Wildman–Crippen LogP) is 0.431. The van der Waals surface area contributed by atoms with E-state index in [1.54, 1.807) is 24.3 Å². The number of amides is 1. The Balaban J connectivity index is 1.27. The van der Waals surface area contributed by atoms with Crippen molar-refractivity contribution in [3.63, 3.8) is 0 Å². The van der Waals surface area contributed by atoms with Gasteiger partial charge in [0.2, 0.25) is 5.95 Å². The maximum atomic E-state index is 12.7. The summed E-state index contributed by atoms with van der Waals surface area (Å²) in [6.45, 7) is 0.207. The third-order valence-electron chi connectivity index (χ3n) is 6.28. The minimum Gasteiger partial charge on any atom is -0.480 e. The molecule has 2 aromatic carbocycles. The van der Waals surface area contributed by atoms with E-state index in [9.17, 15) is 29.1 Å². The minimum atomic E-state index is -1.35. The summed E-state index contributed by atoms with van der Waals surface area (Å²) in [5.74, 6) is -3.70. The van der Waals surface area contributed by atoms with E-state index in [4.69, 9.17) is 21.3 Å². The van der Waals surface area contributed by atoms with E-state index in [0.717, 1.165) is 0 Å². The number of nitrogens with one attached hydrogen (secondary N) is 3. The molecule has 228 valence electrons. The largest absolute Gasteiger partial charge is 0.480 e. The van der Waals surface area contributed by atoms with Gasteiger partial charge in [-0.3, -0.25) is 24.2 Å². The van der Waals surface area contributed by atoms with E-state index < -0.39 is 41.5 Å². The number of carboxylic acid groups (broad SMARTS) is 2. The summed E-state index contributed by atoms with van der Waals surface area (Å²) >= 11 is 0. The zero-order chi connectivity index (χ0) is 31.8. The highest BCUT2D eigenvalue weighted by atomic mass is 16.5. The Kier molecular flexibility index (Phi) is 9.77. The quantitative estimate of drug-likeness (QED) is 0.0806. The maximum absolute atomic E-state index is 12.7. The molecule has 0 aliphatic carbocycles. The number of carbonyl (C=O) groups is 4. The van der Waals surface area contributed by atoms with Gasteiger partial charge in [-0.25, -0.2) is 14.8 Å². The minimum absolute atomic E-state index is 0.0426. The molecule has 2 atom stereocenters. The molecule has 2 heterocycles. The SMILES string of the molecule is Nc1nc2ncc(CNc3ccc(C(=O)N[C@@H](CCC(=O)Oc4ccc(C[C@H](N)C(=O)O)cc4)C(=O)O)cc3)nc2c(=O)[nH]1. The number of aliphatic carboxylic acids is 2. The highest BCUT2D eigenvalue weighted by molar-refractivity contribution is 5.97. The predicted molar refractivity (Wildman–Crippen MR) is 156 cm³/mol. The molecule has 4 rings (SSSR count). The van der Waals surface area contributed by atoms with Crippen LogP contribution in [0.3, 0.4) is 0 Å². The van der Waals surface area contributed by atoms with Crippen molar-refractivity contribution in [3.05, 3.63) is 81.9 Å². The van der Waals surface area contributed by atoms with E-state index in [0.29, 0.717) is 16.9 Å². The van der Waals surface area contributed by atoms with Crippen LogP contribution in [0.15, 0.2) is 59.5 Å². The second kappa shape index (κ2) is 13.8. The second-order valence-electron chi connectivity index (χ2n) is 9.59. The molecule has 9 N–H and O–H groups in total. The van der Waals surface area contributed by atoms with E-state index in [1.807, 2.05) is 0 Å². The smallest absolute Gasteiger partial charge is 0.326 e. The lowest BCUT2D eigenvalue weighted by Gasteiger charge is -2.15. The van der Waals surface area contributed by atoms with Crippen molar-refractivity contribution in [1.82, 2.24) is 25.3 Å². The number of H-pyrrole nitrogens is 1. The van der Waals surface area contributed by atoms with Crippen LogP contribution >= 0.6 is 0 Å². The van der Waals surface area contributed by atoms with Gasteiger partial charge in [0.1, 0.15) is 17.8 Å². The number of aromatic amines is 1. The van der Waals surface area contributed by atoms with Crippen molar-refractivity contribution in [1.29, 1.82) is 0 Å². The van der Waals surface area contributed by atoms with E-state index >= 15 is 0 Å². The number of nitrogens with zero attached hydrogens (tertiary/aromatic N) is 3. The molecule has 0 radical (unpaired) electrons. The van der Waals surface area contributed by atoms with Gasteiger partial charge in [-0.2, -0.15) is 4.98 Å². The van der Waals surface area contributed by atoms with E-state index in [2.05, 4.69) is 30.6 Å². The second-order valence-corrected chi connectivity index (χ2v) is 9.59. The summed E-state index contributed by atoms with van der Waals surface area (Å²) in [6.07, 6.45) is 1.03. The molecule has 16 nitrogen and oxygen atoms in total. The highest BCUT2D eigenvalue weighted by Crippen LogP contribution is 2.16. The van der Waals surface area contributed by atoms with Gasteiger partial charge in [-0.05, 0) is 54.8 Å². The fourth-order valence-corrected chi connectivity index (χ4v) is 3.97. The lowest BCUT2D eigenvalue weighted by Crippen LogP contribution is -2.41. The molecule has 0 fully saturated rings. The van der Waals surface area contributed by atoms with Crippen LogP contribution in [0, 0.1) is 0 Å². The zero-order valence-electron chi connectivity index (χ0n) is 23.0. The number of carbonyl (C=O) groups excluding carboxylic acids is 2. The first-order valence-corrected chi connectivity index (χ1v) is 13.2. The van der Waals surface area contributed by atoms with Gasteiger partial charge in [-0.15, -0.1) is 0 Å². The van der Waals surface area contributed by atoms with Crippen molar-refractivity contribution in [3.8, 4) is 5.75 Å². The van der Waals surface area contributed by atoms with E-state index in [-0.39, 0.29) is 54.2 Å². The Labute approximate surface area is 248 Å². The standard InChI is InChI=1S/C28H28N8O8/c29-19(26(40)41)11-14-1-7-18(8-2-14)44-21(37)10-9-20(27(42)43)34-24(38)15-3-5-16(6-4-15)31-12-17-13-32-23-22(33-17)25(39)36-28(30)35-23/h1-8,13,19-20,31H,9-12,29H2,(H,34,38)(H,40,41)(H,42,43)(H3,30,32,35,36,39)/t19-,20-/m0/s1. The average Bonchev–Trinajstić information content (AvgIpc) is 2.99. The van der Waals surface area contributed by atoms with Gasteiger partial charge in [-0.1, -0.05) is 12.1 Å². The molecule has 44 heavy (non-hydrogen) atoms. The van der Waals surface area contributed by atoms with E-state index in [1.165, 1.54) is 30.5 Å². The number of rotatable bonds is 13. The Morgan fingerprint density at radius 1 is 0.977 bits per heavy atom. The molecule has 0 spiro atoms. The molecule has 0 bridgehead atoms. The van der Waals surface area contributed by atoms with Crippen LogP contribution in [0.5, 0.6) is 5.75 Å². The molecule has 16 heteroatoms. The molecule has 0 unspecified atom stereocenters. The average molecular weight is 605 g/mol. The Hall–Kier alpha value is -5.90. The van der Waals surface area contributed by atoms with Crippen molar-refractivity contribution in [2.45, 2.75) is 37.9 Å². The molecule has 0 aliphatic rings. The molecule has 1 amide bonds. The monoisotopic (exact) mass is 604 g/mol. The summed E-state index contributed by atoms with van der Waals surface area (Å²) in [7, 11) is 0. The molecular weight excluding hydrogens is 576 g/mol. The van der Waals surface area contributed by atoms with Crippen LogP contribution in [-0.4, -0.2) is 66.0 Å². The summed E-state index contributed by atoms with van der Waals surface area (Å²) < 4.78 is 5.21. The molecular formula is C28H28N8O8. The van der Waals surface area contributed by atoms with Crippen LogP contribution in [0.1, 0.15) is 34.5 Å². The number of anilines is 2. The summed E-state index contributed by atoms with van der Waals surface area (Å²) in [6, 6.07) is 9.85. The number of ether oxygens (including phenoxy) is 1. The number of fused-ring (bicyclic) bond motifs is 1. The lowest BCUT2D eigenvalue weighted by molar-refractivity contribution is -0.140. The van der Waals surface area contributed by atoms with Crippen LogP contribution in [-0.2, 0) is 27.3 Å². The lowest BCUT2D eigenvalue weighted by atomic mass is 10.1. The zero-order valence-corrected chi connectivity index (χ0v) is 23.0. The summed E-state index contributed by atoms with van der Waals surface area (Å²) in [5, 5.41) is 23.9. The van der Waals surface area contributed by atoms with Gasteiger partial charge in [0.05, 0.1) is 18.4 Å². The third-order valence-corrected chi connectivity index (χ3v) is 6.28. The van der Waals surface area contributed by atoms with Gasteiger partial charge in [0.25, 0.3) is 11.5 Å². The number of nitrogen functional groups attached to an aromatic ring is 1. The van der Waals surface area contributed by atoms with Crippen molar-refractivity contribution >= 4 is 46.6 Å². The Morgan fingerprint density at radius 3 is 2.34 bits per heavy atom. The number of hydrogen-bond donors (Lipinski definition) is 7. The highest BCUT2D eigenvalue weighted by Gasteiger charge is 2.22. The van der Waals surface area contributed by atoms with Gasteiger partial charge < -0.3 is 37.1 Å². The van der Waals surface area contributed by atoms with Crippen LogP contribution < -0.4 is 32.4 Å². The number of carboxylic acids is 2. The Morgan fingerprint density at radius 2 is 1.68 bits per heavy atom. The van der Waals surface area contributed by atoms with Crippen LogP contribution in [0.25, 0.3) is 11.2 Å². The number of aromatic nitrogens is 4. The first-order valence-electron chi connectivity index (χ1n) is 13.2. The molecule has 4 aromatic rings. The molecule has 0 saturated heterocycles. The number of nitrogens with two attached hydrogens (primary N) is 2. The first-order chi connectivity index (χ1) is 21.0. The van der Waals surface area contributed by atoms with Crippen molar-refractivity contribution < 1.29 is 34.1 Å². The van der Waals surface area contributed by atoms with Crippen molar-refractivity contribution in [2.75, 3.05) is 11.1 Å². The summed E-state index contributed by atoms with van der Waals surface area (Å²) in [4.78, 5) is 74.2. The van der Waals surface area contributed by atoms with Gasteiger partial charge >= 0.3 is 17.9 Å². The fraction of sp³-hybridized carbons (Fsp3) is 0.214. The first kappa shape index (κ1) is 31.0. The summed E-state index contributed by atoms with van der Waals surface area (Å²) in [5.41, 5.74) is 12.6. The molecule has 0 saturated carbocycles. The van der Waals surface area contributed by atoms with Crippen LogP contribution in [0.2, 0.25) is 0 Å². The fourth-order valence-electron chi connectivity index (χ4n) is 3.97. The van der Waals surface area contributed by atoms with Crippen molar-refractivity contribution in [2.24, 2.45) is 5.73 Å². The normalized spacial score (nSPS) is 12.2. The van der Waals surface area contributed by atoms with Crippen LogP contribution in [0.4, 0.5) is 11.6 Å². The number of benzene rings is 2. The van der Waals surface area contributed by atoms with Gasteiger partial charge in [0, 0.05) is 17.7 Å². The number of hydrogen-bond acceptors (Lipinski definition) is 12. The molecule has 0 aliphatic heterocycles. The maximum Gasteiger partial charge on any atom is 0.326 e. The third kappa shape index (κ3) is 8.32. The van der Waals surface area contributed by atoms with Gasteiger partial charge in [0.15, 0.2) is 11.2 Å². The topological polar surface area (TPSA) is 266 Å². The molecule has 2 aromatic heterocycles.